The van der Waals surface area contributed by atoms with E-state index in [-0.39, 0.29) is 48.6 Å². The Bertz CT molecular complexity index is 1510. The quantitative estimate of drug-likeness (QED) is 0.113. The van der Waals surface area contributed by atoms with E-state index in [0.717, 1.165) is 4.83 Å². The molecule has 18 heteroatoms. The summed E-state index contributed by atoms with van der Waals surface area (Å²) in [5, 5.41) is 23.5. The van der Waals surface area contributed by atoms with Crippen LogP contribution in [0.25, 0.3) is 4.83 Å². The van der Waals surface area contributed by atoms with E-state index in [1.54, 1.807) is 6.92 Å². The van der Waals surface area contributed by atoms with Crippen molar-refractivity contribution in [2.24, 2.45) is 18.9 Å². The Morgan fingerprint density at radius 1 is 1.22 bits per heavy atom. The van der Waals surface area contributed by atoms with Crippen molar-refractivity contribution in [3.63, 3.8) is 0 Å². The highest BCUT2D eigenvalue weighted by Gasteiger charge is 2.60. The van der Waals surface area contributed by atoms with Gasteiger partial charge in [-0.15, -0.1) is 22.0 Å². The lowest BCUT2D eigenvalue weighted by Crippen LogP contribution is -2.68. The van der Waals surface area contributed by atoms with E-state index in [1.165, 1.54) is 45.1 Å². The number of hydrogen-bond donors (Lipinski definition) is 2. The molecule has 2 N–H and O–H groups in total. The maximum atomic E-state index is 13.2. The van der Waals surface area contributed by atoms with Gasteiger partial charge in [-0.3, -0.25) is 4.79 Å². The molecule has 2 fully saturated rings. The maximum absolute atomic E-state index is 13.2. The first-order valence-electron chi connectivity index (χ1n) is 14.1. The fourth-order valence-corrected chi connectivity index (χ4v) is 8.58. The average Bonchev–Trinajstić information content (AvgIpc) is 3.71. The van der Waals surface area contributed by atoms with Gasteiger partial charge in [-0.05, 0) is 13.3 Å². The number of thioether (sulfide) groups is 1. The number of aliphatic hydroxyl groups excluding tert-OH is 2. The largest absolute Gasteiger partial charge is 0.457 e. The predicted molar refractivity (Wildman–Crippen MR) is 153 cm³/mol. The minimum atomic E-state index is -4.94. The maximum Gasteiger partial charge on any atom is 0.410 e. The number of esters is 1. The van der Waals surface area contributed by atoms with E-state index in [2.05, 4.69) is 13.2 Å². The Kier molecular flexibility index (Phi) is 11.2. The first kappa shape index (κ1) is 35.8. The van der Waals surface area contributed by atoms with Crippen LogP contribution in [0.15, 0.2) is 53.8 Å². The predicted octanol–water partition coefficient (Wildman–Crippen LogP) is -2.60. The van der Waals surface area contributed by atoms with Crippen LogP contribution in [-0.2, 0) is 26.1 Å². The van der Waals surface area contributed by atoms with Gasteiger partial charge in [0.15, 0.2) is 5.69 Å². The summed E-state index contributed by atoms with van der Waals surface area (Å²) in [6.07, 6.45) is 4.78. The molecule has 0 saturated carbocycles. The number of aromatic nitrogens is 2. The monoisotopic (exact) mass is 702 g/mol. The van der Waals surface area contributed by atoms with Crippen molar-refractivity contribution in [2.45, 2.75) is 49.8 Å². The number of imidazole rings is 1. The Morgan fingerprint density at radius 3 is 2.46 bits per heavy atom. The third kappa shape index (κ3) is 7.42. The molecule has 0 bridgehead atoms. The summed E-state index contributed by atoms with van der Waals surface area (Å²) < 4.78 is 48.5. The zero-order valence-corrected chi connectivity index (χ0v) is 27.6. The summed E-state index contributed by atoms with van der Waals surface area (Å²) in [5.74, 6) is -1.78. The molecule has 252 valence electrons. The zero-order valence-electron chi connectivity index (χ0n) is 25.2. The second-order valence-corrected chi connectivity index (χ2v) is 14.0. The van der Waals surface area contributed by atoms with Gasteiger partial charge in [0.05, 0.1) is 31.2 Å². The Hall–Kier alpha value is -3.00. The molecule has 3 aliphatic heterocycles. The molecule has 5 heterocycles. The van der Waals surface area contributed by atoms with Crippen molar-refractivity contribution < 1.29 is 67.5 Å². The third-order valence-corrected chi connectivity index (χ3v) is 10.3. The number of thiazole rings is 1. The van der Waals surface area contributed by atoms with Gasteiger partial charge in [0.2, 0.25) is 17.1 Å². The lowest BCUT2D eigenvalue weighted by atomic mass is 9.79. The smallest absolute Gasteiger partial charge is 0.410 e. The number of ether oxygens (including phenoxy) is 2. The van der Waals surface area contributed by atoms with E-state index >= 15 is 0 Å². The molecule has 5 rings (SSSR count). The normalized spacial score (nSPS) is 25.4. The summed E-state index contributed by atoms with van der Waals surface area (Å²) in [7, 11) is -3.04. The number of carbonyl (C=O) groups is 3. The van der Waals surface area contributed by atoms with Gasteiger partial charge in [0.25, 0.3) is 0 Å². The summed E-state index contributed by atoms with van der Waals surface area (Å²) >= 11 is 2.91. The van der Waals surface area contributed by atoms with E-state index in [0.29, 0.717) is 17.0 Å². The second kappa shape index (κ2) is 14.4. The van der Waals surface area contributed by atoms with E-state index < -0.39 is 46.5 Å². The number of rotatable bonds is 10. The number of fused-ring (bicyclic) bond motifs is 2. The fraction of sp³-hybridized carbons (Fsp3) is 0.500. The fourth-order valence-electron chi connectivity index (χ4n) is 6.06. The molecule has 2 amide bonds. The molecule has 0 aliphatic carbocycles. The number of halogens is 1. The first-order chi connectivity index (χ1) is 21.6. The Morgan fingerprint density at radius 2 is 1.85 bits per heavy atom. The van der Waals surface area contributed by atoms with Crippen molar-refractivity contribution in [3.05, 3.63) is 59.5 Å². The minimum Gasteiger partial charge on any atom is -0.457 e. The summed E-state index contributed by atoms with van der Waals surface area (Å²) in [6.45, 7) is 11.0. The number of aliphatic hydroxyl groups is 2. The summed E-state index contributed by atoms with van der Waals surface area (Å²) in [6, 6.07) is -0.950. The van der Waals surface area contributed by atoms with Gasteiger partial charge in [0.1, 0.15) is 31.2 Å². The van der Waals surface area contributed by atoms with Crippen LogP contribution < -0.4 is 23.2 Å². The van der Waals surface area contributed by atoms with Crippen LogP contribution in [0.2, 0.25) is 0 Å². The highest BCUT2D eigenvalue weighted by Crippen LogP contribution is 2.53. The topological polar surface area (TPSA) is 217 Å². The molecule has 46 heavy (non-hydrogen) atoms. The van der Waals surface area contributed by atoms with Crippen LogP contribution in [0.3, 0.4) is 0 Å². The van der Waals surface area contributed by atoms with Crippen molar-refractivity contribution in [3.8, 4) is 0 Å². The van der Waals surface area contributed by atoms with E-state index in [4.69, 9.17) is 28.1 Å². The van der Waals surface area contributed by atoms with Gasteiger partial charge in [-0.25, -0.2) is 32.8 Å². The van der Waals surface area contributed by atoms with Crippen LogP contribution in [0.1, 0.15) is 32.1 Å². The van der Waals surface area contributed by atoms with Crippen molar-refractivity contribution in [2.75, 3.05) is 19.8 Å². The molecule has 3 aliphatic rings. The minimum absolute atomic E-state index is 0.00588. The third-order valence-electron chi connectivity index (χ3n) is 7.89. The lowest BCUT2D eigenvalue weighted by Gasteiger charge is -2.46. The van der Waals surface area contributed by atoms with Crippen molar-refractivity contribution >= 4 is 45.9 Å². The standard InChI is InChI=1S/C28H35N4O7S2.ClHO4/c1-6-8-38-27(36)23-25(15(3)22-21(16(4)33)26(35)32(22)23)41-17-10-18(30(11-17)28(37)39-9-7-2)24(34)19-13-40-20-12-29(5)14-31(19)20;2-1(3,4)5/h6-7,12-18,21-22,24,33-34H,1-2,8-11H2,3-5H3;(H,2,3,4,5)/q+1;/p-1/t15-,16-,17+,18+,21-,22-,24?;/m1./s1. The van der Waals surface area contributed by atoms with Gasteiger partial charge >= 0.3 is 12.1 Å². The molecule has 2 saturated heterocycles. The van der Waals surface area contributed by atoms with Crippen molar-refractivity contribution in [1.82, 2.24) is 14.2 Å². The molecule has 0 spiro atoms. The number of β-lactam (4-membered cyclic amide) rings is 1. The SMILES string of the molecule is C=CCOC(=O)C1=C(S[C@H]2C[C@@H](C(O)c3csc4c[n+](C)cn34)N(C(=O)OCC=C)C2)[C@H](C)[C@@H]2[C@@H]([C@@H](C)O)C(=O)N12.[O-][Cl+3]([O-])([O-])[O-]. The Balaban J connectivity index is 0.000000892. The molecular formula is C28H35ClN4O11S2. The number of likely N-dealkylation sites (tertiary alicyclic amines) is 1. The van der Waals surface area contributed by atoms with Gasteiger partial charge < -0.3 is 29.5 Å². The van der Waals surface area contributed by atoms with Gasteiger partial charge in [-0.2, -0.15) is 4.40 Å². The molecule has 2 aromatic rings. The van der Waals surface area contributed by atoms with Gasteiger partial charge in [-0.1, -0.05) is 43.6 Å². The number of carbonyl (C=O) groups excluding carboxylic acids is 3. The molecule has 0 aromatic carbocycles. The van der Waals surface area contributed by atoms with Crippen molar-refractivity contribution in [1.29, 1.82) is 0 Å². The second-order valence-electron chi connectivity index (χ2n) is 11.0. The number of amides is 2. The molecule has 1 unspecified atom stereocenters. The van der Waals surface area contributed by atoms with Crippen LogP contribution in [0.5, 0.6) is 0 Å². The number of aryl methyl sites for hydroxylation is 1. The number of hydrogen-bond acceptors (Lipinski definition) is 13. The van der Waals surface area contributed by atoms with E-state index in [9.17, 15) is 24.6 Å². The summed E-state index contributed by atoms with van der Waals surface area (Å²) in [4.78, 5) is 43.9. The Labute approximate surface area is 275 Å². The number of nitrogens with zero attached hydrogens (tertiary/aromatic N) is 4. The molecule has 2 aromatic heterocycles. The molecular weight excluding hydrogens is 668 g/mol. The average molecular weight is 703 g/mol. The van der Waals surface area contributed by atoms with Crippen LogP contribution >= 0.6 is 23.1 Å². The van der Waals surface area contributed by atoms with Gasteiger partial charge in [0, 0.05) is 28.0 Å². The first-order valence-corrected chi connectivity index (χ1v) is 17.1. The molecule has 15 nitrogen and oxygen atoms in total. The molecule has 0 radical (unpaired) electrons. The lowest BCUT2D eigenvalue weighted by molar-refractivity contribution is -2.00. The highest BCUT2D eigenvalue weighted by molar-refractivity contribution is 8.03. The highest BCUT2D eigenvalue weighted by atomic mass is 35.7. The van der Waals surface area contributed by atoms with Crippen LogP contribution in [0.4, 0.5) is 4.79 Å². The molecule has 7 atom stereocenters. The van der Waals surface area contributed by atoms with E-state index in [1.807, 2.05) is 40.8 Å². The van der Waals surface area contributed by atoms with Crippen LogP contribution in [-0.4, -0.2) is 85.6 Å². The van der Waals surface area contributed by atoms with Crippen LogP contribution in [0, 0.1) is 22.1 Å². The summed E-state index contributed by atoms with van der Waals surface area (Å²) in [5.41, 5.74) is 0.847. The zero-order chi connectivity index (χ0) is 34.1.